The van der Waals surface area contributed by atoms with Gasteiger partial charge < -0.3 is 9.64 Å². The Labute approximate surface area is 148 Å². The minimum absolute atomic E-state index is 0.836. The summed E-state index contributed by atoms with van der Waals surface area (Å²) < 4.78 is 6.21. The first kappa shape index (κ1) is 15.3. The molecule has 0 N–H and O–H groups in total. The van der Waals surface area contributed by atoms with Crippen LogP contribution in [0.5, 0.6) is 0 Å². The molecule has 0 bridgehead atoms. The molecular weight excluding hydrogens is 306 g/mol. The van der Waals surface area contributed by atoms with Crippen LogP contribution in [0.3, 0.4) is 0 Å². The van der Waals surface area contributed by atoms with Crippen molar-refractivity contribution in [1.29, 1.82) is 0 Å². The highest BCUT2D eigenvalue weighted by Crippen LogP contribution is 2.32. The van der Waals surface area contributed by atoms with Gasteiger partial charge in [-0.05, 0) is 19.1 Å². The summed E-state index contributed by atoms with van der Waals surface area (Å²) in [7, 11) is 0. The highest BCUT2D eigenvalue weighted by atomic mass is 16.5. The Kier molecular flexibility index (Phi) is 4.09. The van der Waals surface area contributed by atoms with Crippen molar-refractivity contribution in [2.75, 3.05) is 4.90 Å². The van der Waals surface area contributed by atoms with E-state index < -0.39 is 0 Å². The van der Waals surface area contributed by atoms with E-state index in [2.05, 4.69) is 60.4 Å². The van der Waals surface area contributed by atoms with Crippen LogP contribution in [0.4, 0.5) is 5.69 Å². The first-order chi connectivity index (χ1) is 12.3. The van der Waals surface area contributed by atoms with Crippen molar-refractivity contribution in [2.24, 2.45) is 0 Å². The molecule has 122 valence electrons. The number of anilines is 1. The van der Waals surface area contributed by atoms with Crippen molar-refractivity contribution in [3.8, 4) is 0 Å². The van der Waals surface area contributed by atoms with Gasteiger partial charge in [-0.15, -0.1) is 0 Å². The molecule has 3 aromatic carbocycles. The van der Waals surface area contributed by atoms with E-state index >= 15 is 0 Å². The molecule has 25 heavy (non-hydrogen) atoms. The summed E-state index contributed by atoms with van der Waals surface area (Å²) in [5.41, 5.74) is 4.47. The molecule has 0 fully saturated rings. The molecule has 2 nitrogen and oxygen atoms in total. The van der Waals surface area contributed by atoms with E-state index in [1.54, 1.807) is 0 Å². The number of aryl methyl sites for hydroxylation is 1. The Morgan fingerprint density at radius 1 is 0.600 bits per heavy atom. The van der Waals surface area contributed by atoms with Crippen molar-refractivity contribution < 1.29 is 4.74 Å². The van der Waals surface area contributed by atoms with Gasteiger partial charge in [0.1, 0.15) is 0 Å². The summed E-state index contributed by atoms with van der Waals surface area (Å²) in [5.74, 6) is 1.67. The Hall–Kier alpha value is -3.26. The van der Waals surface area contributed by atoms with Crippen LogP contribution < -0.4 is 4.90 Å². The van der Waals surface area contributed by atoms with Gasteiger partial charge in [0.2, 0.25) is 0 Å². The second kappa shape index (κ2) is 6.70. The van der Waals surface area contributed by atoms with Gasteiger partial charge in [0.25, 0.3) is 0 Å². The average Bonchev–Trinajstić information content (AvgIpc) is 2.69. The lowest BCUT2D eigenvalue weighted by molar-refractivity contribution is 0.462. The van der Waals surface area contributed by atoms with Crippen LogP contribution in [-0.2, 0) is 4.74 Å². The molecule has 1 aliphatic rings. The quantitative estimate of drug-likeness (QED) is 0.601. The first-order valence-corrected chi connectivity index (χ1v) is 8.37. The van der Waals surface area contributed by atoms with Crippen molar-refractivity contribution in [1.82, 2.24) is 0 Å². The molecule has 0 amide bonds. The van der Waals surface area contributed by atoms with E-state index in [1.807, 2.05) is 48.8 Å². The van der Waals surface area contributed by atoms with Gasteiger partial charge in [0.15, 0.2) is 11.5 Å². The van der Waals surface area contributed by atoms with Crippen molar-refractivity contribution in [3.05, 3.63) is 114 Å². The Balaban J connectivity index is 1.78. The van der Waals surface area contributed by atoms with E-state index in [1.165, 1.54) is 5.56 Å². The molecule has 0 aromatic heterocycles. The van der Waals surface area contributed by atoms with Crippen LogP contribution in [0.2, 0.25) is 0 Å². The Morgan fingerprint density at radius 2 is 1.08 bits per heavy atom. The molecular formula is C23H19NO. The summed E-state index contributed by atoms with van der Waals surface area (Å²) in [6.07, 6.45) is 4.07. The normalized spacial score (nSPS) is 13.7. The third-order valence-corrected chi connectivity index (χ3v) is 4.18. The van der Waals surface area contributed by atoms with Gasteiger partial charge in [-0.1, -0.05) is 78.4 Å². The minimum Gasteiger partial charge on any atom is -0.453 e. The predicted octanol–water partition coefficient (Wildman–Crippen LogP) is 5.83. The average molecular weight is 325 g/mol. The van der Waals surface area contributed by atoms with Gasteiger partial charge in [-0.3, -0.25) is 0 Å². The predicted molar refractivity (Wildman–Crippen MR) is 104 cm³/mol. The van der Waals surface area contributed by atoms with Gasteiger partial charge in [0.05, 0.1) is 12.4 Å². The van der Waals surface area contributed by atoms with Crippen LogP contribution in [0.1, 0.15) is 16.7 Å². The molecule has 2 heteroatoms. The van der Waals surface area contributed by atoms with Gasteiger partial charge in [-0.2, -0.15) is 0 Å². The zero-order valence-electron chi connectivity index (χ0n) is 14.1. The molecule has 1 aliphatic heterocycles. The van der Waals surface area contributed by atoms with Gasteiger partial charge in [-0.25, -0.2) is 0 Å². The lowest BCUT2D eigenvalue weighted by Crippen LogP contribution is -2.15. The molecule has 0 unspecified atom stereocenters. The molecule has 0 saturated carbocycles. The smallest absolute Gasteiger partial charge is 0.151 e. The number of benzene rings is 3. The molecule has 4 rings (SSSR count). The summed E-state index contributed by atoms with van der Waals surface area (Å²) in [5, 5.41) is 0. The fourth-order valence-corrected chi connectivity index (χ4v) is 2.80. The highest BCUT2D eigenvalue weighted by molar-refractivity contribution is 5.77. The second-order valence-corrected chi connectivity index (χ2v) is 6.06. The van der Waals surface area contributed by atoms with Crippen LogP contribution in [0.25, 0.3) is 11.5 Å². The first-order valence-electron chi connectivity index (χ1n) is 8.37. The minimum atomic E-state index is 0.836. The Bertz CT molecular complexity index is 854. The molecule has 1 heterocycles. The summed E-state index contributed by atoms with van der Waals surface area (Å²) in [6, 6.07) is 28.9. The van der Waals surface area contributed by atoms with Crippen molar-refractivity contribution in [2.45, 2.75) is 6.92 Å². The molecule has 0 saturated heterocycles. The molecule has 0 atom stereocenters. The largest absolute Gasteiger partial charge is 0.453 e. The van der Waals surface area contributed by atoms with Crippen molar-refractivity contribution in [3.63, 3.8) is 0 Å². The Morgan fingerprint density at radius 3 is 1.56 bits per heavy atom. The van der Waals surface area contributed by atoms with Gasteiger partial charge >= 0.3 is 0 Å². The van der Waals surface area contributed by atoms with E-state index in [0.717, 1.165) is 28.3 Å². The third-order valence-electron chi connectivity index (χ3n) is 4.18. The summed E-state index contributed by atoms with van der Waals surface area (Å²) in [6.45, 7) is 2.10. The fraction of sp³-hybridized carbons (Fsp3) is 0.0435. The number of nitrogens with zero attached hydrogens (tertiary/aromatic N) is 1. The summed E-state index contributed by atoms with van der Waals surface area (Å²) in [4.78, 5) is 2.12. The maximum absolute atomic E-state index is 6.21. The monoisotopic (exact) mass is 325 g/mol. The standard InChI is InChI=1S/C23H19NO/c1-18-12-14-21(15-13-18)24-16-22(19-8-4-2-5-9-19)25-23(17-24)20-10-6-3-7-11-20/h2-17H,1H3. The molecule has 0 spiro atoms. The van der Waals surface area contributed by atoms with Crippen LogP contribution in [0, 0.1) is 6.92 Å². The fourth-order valence-electron chi connectivity index (χ4n) is 2.80. The third kappa shape index (κ3) is 3.33. The number of hydrogen-bond donors (Lipinski definition) is 0. The van der Waals surface area contributed by atoms with E-state index in [0.29, 0.717) is 0 Å². The maximum atomic E-state index is 6.21. The molecule has 3 aromatic rings. The zero-order valence-corrected chi connectivity index (χ0v) is 14.1. The lowest BCUT2D eigenvalue weighted by atomic mass is 10.1. The SMILES string of the molecule is Cc1ccc(N2C=C(c3ccccc3)OC(c3ccccc3)=C2)cc1. The van der Waals surface area contributed by atoms with E-state index in [9.17, 15) is 0 Å². The lowest BCUT2D eigenvalue weighted by Gasteiger charge is -2.26. The van der Waals surface area contributed by atoms with Crippen LogP contribution in [0.15, 0.2) is 97.3 Å². The van der Waals surface area contributed by atoms with Crippen LogP contribution >= 0.6 is 0 Å². The summed E-state index contributed by atoms with van der Waals surface area (Å²) >= 11 is 0. The number of hydrogen-bond acceptors (Lipinski definition) is 2. The zero-order chi connectivity index (χ0) is 17.1. The molecule has 0 aliphatic carbocycles. The van der Waals surface area contributed by atoms with Crippen molar-refractivity contribution >= 4 is 17.2 Å². The van der Waals surface area contributed by atoms with E-state index in [-0.39, 0.29) is 0 Å². The maximum Gasteiger partial charge on any atom is 0.151 e. The highest BCUT2D eigenvalue weighted by Gasteiger charge is 2.17. The topological polar surface area (TPSA) is 12.5 Å². The number of ether oxygens (including phenoxy) is 1. The number of rotatable bonds is 3. The second-order valence-electron chi connectivity index (χ2n) is 6.06. The van der Waals surface area contributed by atoms with E-state index in [4.69, 9.17) is 4.74 Å². The molecule has 0 radical (unpaired) electrons. The van der Waals surface area contributed by atoms with Crippen LogP contribution in [-0.4, -0.2) is 0 Å². The van der Waals surface area contributed by atoms with Gasteiger partial charge in [0, 0.05) is 16.8 Å².